The number of aliphatic hydroxyl groups excluding tert-OH is 1. The largest absolute Gasteiger partial charge is 0.394 e. The molecule has 1 aromatic carbocycles. The molecule has 4 rings (SSSR count). The Bertz CT molecular complexity index is 1010. The van der Waals surface area contributed by atoms with Gasteiger partial charge in [0, 0.05) is 35.0 Å². The molecule has 3 aromatic rings. The van der Waals surface area contributed by atoms with Crippen molar-refractivity contribution in [3.63, 3.8) is 0 Å². The molecule has 0 aliphatic carbocycles. The number of hydrogen-bond acceptors (Lipinski definition) is 4. The van der Waals surface area contributed by atoms with Crippen LogP contribution in [0.2, 0.25) is 10.0 Å². The van der Waals surface area contributed by atoms with E-state index >= 15 is 0 Å². The fourth-order valence-electron chi connectivity index (χ4n) is 3.48. The van der Waals surface area contributed by atoms with Crippen molar-refractivity contribution in [2.24, 2.45) is 0 Å². The molecular weight excluding hydrogens is 401 g/mol. The van der Waals surface area contributed by atoms with Crippen LogP contribution < -0.4 is 5.32 Å². The second-order valence-corrected chi connectivity index (χ2v) is 7.78. The lowest BCUT2D eigenvalue weighted by atomic mass is 9.91. The minimum absolute atomic E-state index is 0.151. The van der Waals surface area contributed by atoms with Gasteiger partial charge in [0.2, 0.25) is 5.82 Å². The van der Waals surface area contributed by atoms with Crippen molar-refractivity contribution in [2.45, 2.75) is 18.4 Å². The van der Waals surface area contributed by atoms with E-state index in [0.29, 0.717) is 41.8 Å². The van der Waals surface area contributed by atoms with Gasteiger partial charge in [0.25, 0.3) is 5.91 Å². The summed E-state index contributed by atoms with van der Waals surface area (Å²) in [4.78, 5) is 17.7. The summed E-state index contributed by atoms with van der Waals surface area (Å²) in [6.45, 7) is 0.840. The number of carbonyl (C=O) groups is 1. The van der Waals surface area contributed by atoms with E-state index < -0.39 is 5.54 Å². The van der Waals surface area contributed by atoms with E-state index in [2.05, 4.69) is 10.3 Å². The molecule has 2 N–H and O–H groups in total. The van der Waals surface area contributed by atoms with Gasteiger partial charge in [-0.25, -0.2) is 4.98 Å². The zero-order chi connectivity index (χ0) is 19.7. The molecule has 1 aliphatic heterocycles. The summed E-state index contributed by atoms with van der Waals surface area (Å²) in [5, 5.41) is 13.8. The Hall–Kier alpha value is -2.12. The quantitative estimate of drug-likeness (QED) is 0.677. The van der Waals surface area contributed by atoms with Gasteiger partial charge in [-0.3, -0.25) is 9.20 Å². The third-order valence-corrected chi connectivity index (χ3v) is 5.46. The predicted molar refractivity (Wildman–Crippen MR) is 108 cm³/mol. The normalized spacial score (nSPS) is 16.2. The number of pyridine rings is 1. The second kappa shape index (κ2) is 7.72. The Morgan fingerprint density at radius 1 is 1.21 bits per heavy atom. The van der Waals surface area contributed by atoms with Gasteiger partial charge in [0.15, 0.2) is 0 Å². The van der Waals surface area contributed by atoms with E-state index in [4.69, 9.17) is 27.9 Å². The summed E-state index contributed by atoms with van der Waals surface area (Å²) < 4.78 is 7.09. The van der Waals surface area contributed by atoms with Gasteiger partial charge >= 0.3 is 0 Å². The van der Waals surface area contributed by atoms with Gasteiger partial charge in [0.05, 0.1) is 23.4 Å². The Labute approximate surface area is 172 Å². The highest BCUT2D eigenvalue weighted by molar-refractivity contribution is 6.35. The van der Waals surface area contributed by atoms with E-state index in [1.54, 1.807) is 28.8 Å². The Balaban J connectivity index is 1.76. The standard InChI is InChI=1S/C20H19Cl2N3O3/c21-14-9-13(10-15(22)11-14)17-16-3-1-2-6-25(16)18(23-17)19(27)24-20(12-26)4-7-28-8-5-20/h1-3,6,9-11,26H,4-5,7-8,12H2,(H,24,27). The number of ether oxygens (including phenoxy) is 1. The molecule has 0 spiro atoms. The number of nitrogens with one attached hydrogen (secondary N) is 1. The first-order valence-electron chi connectivity index (χ1n) is 8.96. The van der Waals surface area contributed by atoms with Crippen LogP contribution in [0.3, 0.4) is 0 Å². The third-order valence-electron chi connectivity index (χ3n) is 5.02. The molecule has 146 valence electrons. The van der Waals surface area contributed by atoms with Crippen molar-refractivity contribution in [3.05, 3.63) is 58.5 Å². The molecule has 6 nitrogen and oxygen atoms in total. The molecule has 1 fully saturated rings. The fraction of sp³-hybridized carbons (Fsp3) is 0.300. The average molecular weight is 420 g/mol. The molecule has 2 aromatic heterocycles. The average Bonchev–Trinajstić information content (AvgIpc) is 3.08. The topological polar surface area (TPSA) is 75.9 Å². The molecule has 1 aliphatic rings. The first-order valence-corrected chi connectivity index (χ1v) is 9.72. The van der Waals surface area contributed by atoms with E-state index in [-0.39, 0.29) is 18.3 Å². The number of imidazole rings is 1. The van der Waals surface area contributed by atoms with Crippen LogP contribution in [0, 0.1) is 0 Å². The number of fused-ring (bicyclic) bond motifs is 1. The number of aliphatic hydroxyl groups is 1. The third kappa shape index (κ3) is 3.61. The molecule has 0 saturated carbocycles. The summed E-state index contributed by atoms with van der Waals surface area (Å²) in [5.74, 6) is -0.113. The lowest BCUT2D eigenvalue weighted by Gasteiger charge is -2.36. The highest BCUT2D eigenvalue weighted by atomic mass is 35.5. The van der Waals surface area contributed by atoms with Crippen LogP contribution in [-0.2, 0) is 4.74 Å². The predicted octanol–water partition coefficient (Wildman–Crippen LogP) is 3.58. The summed E-state index contributed by atoms with van der Waals surface area (Å²) >= 11 is 12.3. The van der Waals surface area contributed by atoms with Gasteiger partial charge in [-0.1, -0.05) is 29.3 Å². The minimum Gasteiger partial charge on any atom is -0.394 e. The zero-order valence-electron chi connectivity index (χ0n) is 15.0. The van der Waals surface area contributed by atoms with Gasteiger partial charge < -0.3 is 15.2 Å². The summed E-state index contributed by atoms with van der Waals surface area (Å²) in [6, 6.07) is 10.8. The maximum atomic E-state index is 13.1. The van der Waals surface area contributed by atoms with E-state index in [1.807, 2.05) is 18.2 Å². The smallest absolute Gasteiger partial charge is 0.288 e. The summed E-state index contributed by atoms with van der Waals surface area (Å²) in [7, 11) is 0. The number of rotatable bonds is 4. The van der Waals surface area contributed by atoms with Crippen LogP contribution in [-0.4, -0.2) is 45.8 Å². The monoisotopic (exact) mass is 419 g/mol. The number of benzene rings is 1. The lowest BCUT2D eigenvalue weighted by Crippen LogP contribution is -2.54. The number of carbonyl (C=O) groups excluding carboxylic acids is 1. The molecule has 0 atom stereocenters. The Morgan fingerprint density at radius 3 is 2.61 bits per heavy atom. The number of amides is 1. The number of aromatic nitrogens is 2. The van der Waals surface area contributed by atoms with Gasteiger partial charge in [-0.2, -0.15) is 0 Å². The van der Waals surface area contributed by atoms with Gasteiger partial charge in [-0.15, -0.1) is 0 Å². The van der Waals surface area contributed by atoms with E-state index in [9.17, 15) is 9.90 Å². The summed E-state index contributed by atoms with van der Waals surface area (Å²) in [6.07, 6.45) is 2.88. The molecular formula is C20H19Cl2N3O3. The Morgan fingerprint density at radius 2 is 1.93 bits per heavy atom. The van der Waals surface area contributed by atoms with Crippen LogP contribution in [0.5, 0.6) is 0 Å². The second-order valence-electron chi connectivity index (χ2n) is 6.90. The van der Waals surface area contributed by atoms with Crippen molar-refractivity contribution >= 4 is 34.6 Å². The highest BCUT2D eigenvalue weighted by Gasteiger charge is 2.35. The van der Waals surface area contributed by atoms with Crippen LogP contribution in [0.15, 0.2) is 42.6 Å². The molecule has 1 amide bonds. The first-order chi connectivity index (χ1) is 13.5. The maximum absolute atomic E-state index is 13.1. The van der Waals surface area contributed by atoms with Crippen molar-refractivity contribution in [3.8, 4) is 11.3 Å². The minimum atomic E-state index is -0.699. The van der Waals surface area contributed by atoms with Crippen LogP contribution in [0.25, 0.3) is 16.8 Å². The fourth-order valence-corrected chi connectivity index (χ4v) is 4.01. The molecule has 0 bridgehead atoms. The molecule has 1 saturated heterocycles. The number of hydrogen-bond donors (Lipinski definition) is 2. The van der Waals surface area contributed by atoms with Crippen LogP contribution >= 0.6 is 23.2 Å². The highest BCUT2D eigenvalue weighted by Crippen LogP contribution is 2.30. The summed E-state index contributed by atoms with van der Waals surface area (Å²) in [5.41, 5.74) is 1.40. The maximum Gasteiger partial charge on any atom is 0.288 e. The molecule has 28 heavy (non-hydrogen) atoms. The molecule has 3 heterocycles. The van der Waals surface area contributed by atoms with Crippen LogP contribution in [0.4, 0.5) is 0 Å². The van der Waals surface area contributed by atoms with Gasteiger partial charge in [-0.05, 0) is 43.2 Å². The van der Waals surface area contributed by atoms with Gasteiger partial charge in [0.1, 0.15) is 0 Å². The van der Waals surface area contributed by atoms with Crippen molar-refractivity contribution in [1.29, 1.82) is 0 Å². The number of nitrogens with zero attached hydrogens (tertiary/aromatic N) is 2. The first kappa shape index (κ1) is 19.2. The Kier molecular flexibility index (Phi) is 5.29. The van der Waals surface area contributed by atoms with E-state index in [1.165, 1.54) is 0 Å². The van der Waals surface area contributed by atoms with Crippen molar-refractivity contribution in [1.82, 2.24) is 14.7 Å². The SMILES string of the molecule is O=C(NC1(CO)CCOCC1)c1nc(-c2cc(Cl)cc(Cl)c2)c2ccccn12. The lowest BCUT2D eigenvalue weighted by molar-refractivity contribution is 0.0123. The number of halogens is 2. The molecule has 0 radical (unpaired) electrons. The molecule has 8 heteroatoms. The van der Waals surface area contributed by atoms with E-state index in [0.717, 1.165) is 11.1 Å². The van der Waals surface area contributed by atoms with Crippen LogP contribution in [0.1, 0.15) is 23.5 Å². The molecule has 0 unspecified atom stereocenters. The van der Waals surface area contributed by atoms with Crippen molar-refractivity contribution in [2.75, 3.05) is 19.8 Å². The zero-order valence-corrected chi connectivity index (χ0v) is 16.5. The van der Waals surface area contributed by atoms with Crippen molar-refractivity contribution < 1.29 is 14.6 Å².